The molecule has 0 amide bonds. The lowest BCUT2D eigenvalue weighted by atomic mass is 9.88. The Balaban J connectivity index is 1.65. The van der Waals surface area contributed by atoms with E-state index in [2.05, 4.69) is 28.5 Å². The highest BCUT2D eigenvalue weighted by Gasteiger charge is 2.46. The Bertz CT molecular complexity index is 324. The largest absolute Gasteiger partial charge is 0.379 e. The van der Waals surface area contributed by atoms with E-state index in [1.165, 1.54) is 38.1 Å². The summed E-state index contributed by atoms with van der Waals surface area (Å²) < 4.78 is 5.48. The molecule has 0 spiro atoms. The van der Waals surface area contributed by atoms with Crippen molar-refractivity contribution < 1.29 is 4.74 Å². The number of hydrogen-bond acceptors (Lipinski definition) is 5. The third kappa shape index (κ3) is 2.75. The zero-order valence-corrected chi connectivity index (χ0v) is 13.5. The number of hydrogen-bond donors (Lipinski definition) is 1. The summed E-state index contributed by atoms with van der Waals surface area (Å²) in [5, 5.41) is 0.671. The van der Waals surface area contributed by atoms with Crippen molar-refractivity contribution in [3.05, 3.63) is 0 Å². The first-order valence-electron chi connectivity index (χ1n) is 8.15. The third-order valence-corrected chi connectivity index (χ3v) is 7.05. The van der Waals surface area contributed by atoms with E-state index in [-0.39, 0.29) is 5.54 Å². The van der Waals surface area contributed by atoms with E-state index in [0.29, 0.717) is 5.25 Å². The molecule has 3 atom stereocenters. The highest BCUT2D eigenvalue weighted by atomic mass is 32.2. The number of thioether (sulfide) groups is 1. The van der Waals surface area contributed by atoms with Crippen molar-refractivity contribution in [3.8, 4) is 0 Å². The minimum absolute atomic E-state index is 0.254. The fourth-order valence-electron chi connectivity index (χ4n) is 4.20. The highest BCUT2D eigenvalue weighted by Crippen LogP contribution is 2.40. The Labute approximate surface area is 127 Å². The number of rotatable bonds is 3. The van der Waals surface area contributed by atoms with Crippen LogP contribution in [0.1, 0.15) is 26.2 Å². The maximum absolute atomic E-state index is 6.24. The number of morpholine rings is 1. The molecule has 0 aromatic carbocycles. The van der Waals surface area contributed by atoms with Gasteiger partial charge in [-0.3, -0.25) is 9.80 Å². The summed E-state index contributed by atoms with van der Waals surface area (Å²) in [5.74, 6) is 1.31. The first-order valence-corrected chi connectivity index (χ1v) is 9.20. The van der Waals surface area contributed by atoms with Gasteiger partial charge < -0.3 is 10.5 Å². The zero-order chi connectivity index (χ0) is 14.0. The average molecular weight is 299 g/mol. The van der Waals surface area contributed by atoms with Gasteiger partial charge in [0.1, 0.15) is 0 Å². The average Bonchev–Trinajstić information content (AvgIpc) is 2.99. The molecule has 3 aliphatic rings. The number of nitrogens with zero attached hydrogens (tertiary/aromatic N) is 2. The fourth-order valence-corrected chi connectivity index (χ4v) is 5.53. The standard InChI is InChI=1S/C15H29N3OS/c1-13-15(12-16,4-2-10-20-13)18-5-3-14(11-18)17-6-8-19-9-7-17/h13-14H,2-12,16H2,1H3. The predicted molar refractivity (Wildman–Crippen MR) is 85.3 cm³/mol. The van der Waals surface area contributed by atoms with Crippen LogP contribution >= 0.6 is 11.8 Å². The lowest BCUT2D eigenvalue weighted by Gasteiger charge is -2.48. The zero-order valence-electron chi connectivity index (χ0n) is 12.7. The van der Waals surface area contributed by atoms with Gasteiger partial charge in [-0.2, -0.15) is 11.8 Å². The van der Waals surface area contributed by atoms with Crippen molar-refractivity contribution in [2.24, 2.45) is 5.73 Å². The fraction of sp³-hybridized carbons (Fsp3) is 1.00. The molecule has 4 nitrogen and oxygen atoms in total. The summed E-state index contributed by atoms with van der Waals surface area (Å²) in [6, 6.07) is 0.724. The molecule has 3 fully saturated rings. The number of nitrogens with two attached hydrogens (primary N) is 1. The van der Waals surface area contributed by atoms with Gasteiger partial charge in [-0.15, -0.1) is 0 Å². The van der Waals surface area contributed by atoms with E-state index in [1.54, 1.807) is 0 Å². The van der Waals surface area contributed by atoms with Crippen LogP contribution in [-0.4, -0.2) is 78.3 Å². The van der Waals surface area contributed by atoms with Crippen LogP contribution in [0.3, 0.4) is 0 Å². The monoisotopic (exact) mass is 299 g/mol. The molecular weight excluding hydrogens is 270 g/mol. The summed E-state index contributed by atoms with van der Waals surface area (Å²) >= 11 is 2.12. The molecule has 0 saturated carbocycles. The summed E-state index contributed by atoms with van der Waals surface area (Å²) in [6.45, 7) is 9.68. The Morgan fingerprint density at radius 1 is 1.30 bits per heavy atom. The minimum atomic E-state index is 0.254. The second-order valence-electron chi connectivity index (χ2n) is 6.46. The topological polar surface area (TPSA) is 41.7 Å². The van der Waals surface area contributed by atoms with Crippen molar-refractivity contribution in [2.45, 2.75) is 43.0 Å². The Hall–Kier alpha value is 0.190. The van der Waals surface area contributed by atoms with Crippen LogP contribution in [0, 0.1) is 0 Å². The Morgan fingerprint density at radius 3 is 2.80 bits per heavy atom. The van der Waals surface area contributed by atoms with Crippen LogP contribution < -0.4 is 5.73 Å². The van der Waals surface area contributed by atoms with Crippen molar-refractivity contribution in [1.82, 2.24) is 9.80 Å². The third-order valence-electron chi connectivity index (χ3n) is 5.59. The van der Waals surface area contributed by atoms with Gasteiger partial charge in [-0.05, 0) is 25.0 Å². The van der Waals surface area contributed by atoms with E-state index in [4.69, 9.17) is 10.5 Å². The maximum atomic E-state index is 6.24. The van der Waals surface area contributed by atoms with Gasteiger partial charge in [0.15, 0.2) is 0 Å². The van der Waals surface area contributed by atoms with E-state index >= 15 is 0 Å². The molecule has 3 rings (SSSR count). The van der Waals surface area contributed by atoms with Crippen LogP contribution in [0.25, 0.3) is 0 Å². The molecule has 0 aromatic rings. The molecule has 0 bridgehead atoms. The van der Waals surface area contributed by atoms with Gasteiger partial charge in [-0.1, -0.05) is 6.92 Å². The maximum Gasteiger partial charge on any atom is 0.0594 e. The van der Waals surface area contributed by atoms with Crippen LogP contribution in [0.2, 0.25) is 0 Å². The minimum Gasteiger partial charge on any atom is -0.379 e. The molecule has 3 unspecified atom stereocenters. The molecule has 3 saturated heterocycles. The van der Waals surface area contributed by atoms with Gasteiger partial charge in [0.05, 0.1) is 13.2 Å². The van der Waals surface area contributed by atoms with Crippen LogP contribution in [0.15, 0.2) is 0 Å². The van der Waals surface area contributed by atoms with E-state index < -0.39 is 0 Å². The molecule has 2 N–H and O–H groups in total. The van der Waals surface area contributed by atoms with Crippen LogP contribution in [0.4, 0.5) is 0 Å². The van der Waals surface area contributed by atoms with E-state index in [0.717, 1.165) is 38.9 Å². The second-order valence-corrected chi connectivity index (χ2v) is 7.91. The quantitative estimate of drug-likeness (QED) is 0.842. The van der Waals surface area contributed by atoms with Crippen molar-refractivity contribution in [2.75, 3.05) is 51.7 Å². The lowest BCUT2D eigenvalue weighted by Crippen LogP contribution is -2.60. The highest BCUT2D eigenvalue weighted by molar-refractivity contribution is 8.00. The second kappa shape index (κ2) is 6.53. The first-order chi connectivity index (χ1) is 9.76. The van der Waals surface area contributed by atoms with Crippen LogP contribution in [0.5, 0.6) is 0 Å². The molecule has 0 radical (unpaired) electrons. The van der Waals surface area contributed by atoms with Gasteiger partial charge in [0.2, 0.25) is 0 Å². The van der Waals surface area contributed by atoms with Crippen molar-refractivity contribution in [3.63, 3.8) is 0 Å². The molecule has 0 aromatic heterocycles. The molecule has 3 aliphatic heterocycles. The van der Waals surface area contributed by atoms with E-state index in [1.807, 2.05) is 0 Å². The molecule has 116 valence electrons. The lowest BCUT2D eigenvalue weighted by molar-refractivity contribution is 0.0141. The summed E-state index contributed by atoms with van der Waals surface area (Å²) in [6.07, 6.45) is 3.91. The van der Waals surface area contributed by atoms with Crippen LogP contribution in [-0.2, 0) is 4.74 Å². The van der Waals surface area contributed by atoms with Crippen molar-refractivity contribution >= 4 is 11.8 Å². The summed E-state index contributed by atoms with van der Waals surface area (Å²) in [7, 11) is 0. The normalized spacial score (nSPS) is 41.1. The Morgan fingerprint density at radius 2 is 2.10 bits per heavy atom. The molecule has 0 aliphatic carbocycles. The van der Waals surface area contributed by atoms with Gasteiger partial charge in [0.25, 0.3) is 0 Å². The molecule has 3 heterocycles. The summed E-state index contributed by atoms with van der Waals surface area (Å²) in [4.78, 5) is 5.36. The number of likely N-dealkylation sites (tertiary alicyclic amines) is 1. The first kappa shape index (κ1) is 15.1. The molecule has 5 heteroatoms. The van der Waals surface area contributed by atoms with Crippen molar-refractivity contribution in [1.29, 1.82) is 0 Å². The predicted octanol–water partition coefficient (Wildman–Crippen LogP) is 1.01. The van der Waals surface area contributed by atoms with Gasteiger partial charge in [-0.25, -0.2) is 0 Å². The smallest absolute Gasteiger partial charge is 0.0594 e. The molecular formula is C15H29N3OS. The number of ether oxygens (including phenoxy) is 1. The molecule has 20 heavy (non-hydrogen) atoms. The Kier molecular flexibility index (Phi) is 4.93. The summed E-state index contributed by atoms with van der Waals surface area (Å²) in [5.41, 5.74) is 6.50. The van der Waals surface area contributed by atoms with Gasteiger partial charge >= 0.3 is 0 Å². The van der Waals surface area contributed by atoms with Gasteiger partial charge in [0, 0.05) is 49.6 Å². The SMILES string of the molecule is CC1SCCCC1(CN)N1CCC(N2CCOCC2)C1. The van der Waals surface area contributed by atoms with E-state index in [9.17, 15) is 0 Å².